The Morgan fingerprint density at radius 2 is 2.04 bits per heavy atom. The van der Waals surface area contributed by atoms with E-state index >= 15 is 0 Å². The number of nitrogens with one attached hydrogen (secondary N) is 2. The number of hydrogen-bond acceptors (Lipinski definition) is 3. The average molecular weight is 333 g/mol. The van der Waals surface area contributed by atoms with Crippen LogP contribution in [0.25, 0.3) is 5.57 Å². The molecular formula is C18H27N3O3. The summed E-state index contributed by atoms with van der Waals surface area (Å²) in [6, 6.07) is 3.72. The van der Waals surface area contributed by atoms with Crippen LogP contribution in [0.1, 0.15) is 39.4 Å². The third-order valence-corrected chi connectivity index (χ3v) is 4.18. The zero-order chi connectivity index (χ0) is 17.5. The minimum absolute atomic E-state index is 0.0111. The number of urea groups is 1. The molecule has 2 rings (SSSR count). The Kier molecular flexibility index (Phi) is 6.46. The molecular weight excluding hydrogens is 306 g/mol. The second-order valence-corrected chi connectivity index (χ2v) is 6.44. The lowest BCUT2D eigenvalue weighted by atomic mass is 10.00. The summed E-state index contributed by atoms with van der Waals surface area (Å²) < 4.78 is 5.47. The third-order valence-electron chi connectivity index (χ3n) is 4.18. The molecule has 0 spiro atoms. The van der Waals surface area contributed by atoms with Crippen molar-refractivity contribution in [1.29, 1.82) is 0 Å². The summed E-state index contributed by atoms with van der Waals surface area (Å²) in [6.07, 6.45) is 3.23. The number of nitrogens with zero attached hydrogens (tertiary/aromatic N) is 1. The standard InChI is InChI=1S/C18H27N3O3/c1-13(2)17(22)19-8-5-9-20-18(23)21-10-7-14(3)15(12-21)16-6-4-11-24-16/h4,6,11,13H,5,7-10,12H2,1-3H3,(H,19,22)(H,20,23). The van der Waals surface area contributed by atoms with Gasteiger partial charge < -0.3 is 20.0 Å². The first-order valence-electron chi connectivity index (χ1n) is 8.52. The van der Waals surface area contributed by atoms with E-state index in [1.54, 1.807) is 11.2 Å². The first-order valence-corrected chi connectivity index (χ1v) is 8.52. The Morgan fingerprint density at radius 1 is 1.29 bits per heavy atom. The van der Waals surface area contributed by atoms with Gasteiger partial charge in [-0.05, 0) is 31.9 Å². The molecule has 1 aliphatic heterocycles. The number of rotatable bonds is 6. The number of hydrogen-bond donors (Lipinski definition) is 2. The van der Waals surface area contributed by atoms with Gasteiger partial charge in [0.1, 0.15) is 5.76 Å². The summed E-state index contributed by atoms with van der Waals surface area (Å²) in [5.41, 5.74) is 2.36. The van der Waals surface area contributed by atoms with E-state index in [0.29, 0.717) is 26.2 Å². The van der Waals surface area contributed by atoms with Crippen LogP contribution in [-0.4, -0.2) is 43.0 Å². The van der Waals surface area contributed by atoms with Crippen molar-refractivity contribution >= 4 is 17.5 Å². The fraction of sp³-hybridized carbons (Fsp3) is 0.556. The van der Waals surface area contributed by atoms with Crippen molar-refractivity contribution in [3.8, 4) is 0 Å². The van der Waals surface area contributed by atoms with Crippen molar-refractivity contribution in [3.63, 3.8) is 0 Å². The van der Waals surface area contributed by atoms with Crippen molar-refractivity contribution in [3.05, 3.63) is 29.7 Å². The van der Waals surface area contributed by atoms with Crippen LogP contribution in [0.5, 0.6) is 0 Å². The Labute approximate surface area is 143 Å². The van der Waals surface area contributed by atoms with Gasteiger partial charge in [0, 0.05) is 31.1 Å². The minimum atomic E-state index is -0.0678. The number of carbonyl (C=O) groups excluding carboxylic acids is 2. The third kappa shape index (κ3) is 4.88. The molecule has 0 atom stereocenters. The zero-order valence-corrected chi connectivity index (χ0v) is 14.7. The van der Waals surface area contributed by atoms with E-state index in [9.17, 15) is 9.59 Å². The lowest BCUT2D eigenvalue weighted by Crippen LogP contribution is -2.44. The quantitative estimate of drug-likeness (QED) is 0.786. The van der Waals surface area contributed by atoms with Crippen LogP contribution in [0.2, 0.25) is 0 Å². The first-order chi connectivity index (χ1) is 11.5. The SMILES string of the molecule is CC1=C(c2ccco2)CN(C(=O)NCCCNC(=O)C(C)C)CC1. The van der Waals surface area contributed by atoms with Crippen molar-refractivity contribution < 1.29 is 14.0 Å². The van der Waals surface area contributed by atoms with Crippen LogP contribution in [-0.2, 0) is 4.79 Å². The maximum Gasteiger partial charge on any atom is 0.317 e. The second kappa shape index (κ2) is 8.57. The molecule has 3 amide bonds. The summed E-state index contributed by atoms with van der Waals surface area (Å²) in [6.45, 7) is 8.21. The Hall–Kier alpha value is -2.24. The highest BCUT2D eigenvalue weighted by atomic mass is 16.3. The molecule has 24 heavy (non-hydrogen) atoms. The predicted octanol–water partition coefficient (Wildman–Crippen LogP) is 2.63. The Balaban J connectivity index is 1.75. The summed E-state index contributed by atoms with van der Waals surface area (Å²) >= 11 is 0. The molecule has 0 bridgehead atoms. The molecule has 1 aromatic rings. The summed E-state index contributed by atoms with van der Waals surface area (Å²) in [7, 11) is 0. The molecule has 0 saturated heterocycles. The van der Waals surface area contributed by atoms with E-state index in [4.69, 9.17) is 4.42 Å². The van der Waals surface area contributed by atoms with Gasteiger partial charge in [0.15, 0.2) is 0 Å². The second-order valence-electron chi connectivity index (χ2n) is 6.44. The molecule has 0 aromatic carbocycles. The van der Waals surface area contributed by atoms with Crippen LogP contribution in [0.4, 0.5) is 4.79 Å². The number of furan rings is 1. The molecule has 2 N–H and O–H groups in total. The monoisotopic (exact) mass is 333 g/mol. The zero-order valence-electron chi connectivity index (χ0n) is 14.7. The summed E-state index contributed by atoms with van der Waals surface area (Å²) in [5.74, 6) is 0.866. The van der Waals surface area contributed by atoms with Gasteiger partial charge in [0.25, 0.3) is 0 Å². The van der Waals surface area contributed by atoms with Crippen LogP contribution in [0.15, 0.2) is 28.4 Å². The van der Waals surface area contributed by atoms with Crippen LogP contribution in [0.3, 0.4) is 0 Å². The highest BCUT2D eigenvalue weighted by molar-refractivity contribution is 5.79. The van der Waals surface area contributed by atoms with Gasteiger partial charge in [0.2, 0.25) is 5.91 Å². The van der Waals surface area contributed by atoms with E-state index in [1.807, 2.05) is 26.0 Å². The molecule has 1 aromatic heterocycles. The van der Waals surface area contributed by atoms with Gasteiger partial charge in [-0.15, -0.1) is 0 Å². The minimum Gasteiger partial charge on any atom is -0.465 e. The molecule has 1 aliphatic rings. The molecule has 6 heteroatoms. The van der Waals surface area contributed by atoms with Crippen LogP contribution >= 0.6 is 0 Å². The van der Waals surface area contributed by atoms with E-state index in [1.165, 1.54) is 5.57 Å². The Morgan fingerprint density at radius 3 is 2.71 bits per heavy atom. The lowest BCUT2D eigenvalue weighted by Gasteiger charge is -2.29. The summed E-state index contributed by atoms with van der Waals surface area (Å²) in [4.78, 5) is 25.5. The predicted molar refractivity (Wildman–Crippen MR) is 93.4 cm³/mol. The van der Waals surface area contributed by atoms with E-state index in [-0.39, 0.29) is 17.9 Å². The fourth-order valence-corrected chi connectivity index (χ4v) is 2.58. The fourth-order valence-electron chi connectivity index (χ4n) is 2.58. The lowest BCUT2D eigenvalue weighted by molar-refractivity contribution is -0.123. The molecule has 0 saturated carbocycles. The normalized spacial score (nSPS) is 14.9. The van der Waals surface area contributed by atoms with E-state index in [0.717, 1.165) is 24.2 Å². The van der Waals surface area contributed by atoms with Crippen LogP contribution < -0.4 is 10.6 Å². The van der Waals surface area contributed by atoms with Gasteiger partial charge >= 0.3 is 6.03 Å². The molecule has 6 nitrogen and oxygen atoms in total. The van der Waals surface area contributed by atoms with Crippen molar-refractivity contribution in [1.82, 2.24) is 15.5 Å². The molecule has 132 valence electrons. The number of carbonyl (C=O) groups is 2. The van der Waals surface area contributed by atoms with Gasteiger partial charge in [-0.3, -0.25) is 4.79 Å². The smallest absolute Gasteiger partial charge is 0.317 e. The van der Waals surface area contributed by atoms with Gasteiger partial charge in [-0.1, -0.05) is 19.4 Å². The topological polar surface area (TPSA) is 74.6 Å². The van der Waals surface area contributed by atoms with Gasteiger partial charge in [0.05, 0.1) is 12.8 Å². The highest BCUT2D eigenvalue weighted by Crippen LogP contribution is 2.26. The maximum absolute atomic E-state index is 12.3. The maximum atomic E-state index is 12.3. The van der Waals surface area contributed by atoms with Gasteiger partial charge in [-0.2, -0.15) is 0 Å². The molecule has 0 fully saturated rings. The molecule has 0 aliphatic carbocycles. The number of amides is 3. The van der Waals surface area contributed by atoms with Crippen LogP contribution in [0, 0.1) is 5.92 Å². The van der Waals surface area contributed by atoms with Gasteiger partial charge in [-0.25, -0.2) is 4.79 Å². The molecule has 2 heterocycles. The molecule has 0 radical (unpaired) electrons. The summed E-state index contributed by atoms with van der Waals surface area (Å²) in [5, 5.41) is 5.76. The largest absolute Gasteiger partial charge is 0.465 e. The van der Waals surface area contributed by atoms with E-state index in [2.05, 4.69) is 17.6 Å². The Bertz CT molecular complexity index is 591. The average Bonchev–Trinajstić information content (AvgIpc) is 3.08. The van der Waals surface area contributed by atoms with Crippen molar-refractivity contribution in [2.24, 2.45) is 5.92 Å². The first kappa shape index (κ1) is 18.1. The molecule has 0 unspecified atom stereocenters. The van der Waals surface area contributed by atoms with Crippen molar-refractivity contribution in [2.45, 2.75) is 33.6 Å². The van der Waals surface area contributed by atoms with Crippen molar-refractivity contribution in [2.75, 3.05) is 26.2 Å². The van der Waals surface area contributed by atoms with E-state index < -0.39 is 0 Å². The highest BCUT2D eigenvalue weighted by Gasteiger charge is 2.22.